The molecule has 0 saturated carbocycles. The molecule has 0 atom stereocenters. The van der Waals surface area contributed by atoms with Crippen LogP contribution in [-0.2, 0) is 0 Å². The standard InChI is InChI=1S/C6H10N6/c1-2-9-5(7)4-6(8)12-11-3-10-4/h3H,2H2,1H3,(H2,7,9)(H2,8,12). The normalized spacial score (nSPS) is 11.6. The molecule has 0 aliphatic rings. The van der Waals surface area contributed by atoms with Crippen LogP contribution in [0, 0.1) is 0 Å². The molecule has 0 aliphatic carbocycles. The fraction of sp³-hybridized carbons (Fsp3) is 0.333. The van der Waals surface area contributed by atoms with Gasteiger partial charge in [0.2, 0.25) is 0 Å². The summed E-state index contributed by atoms with van der Waals surface area (Å²) in [5, 5.41) is 7.08. The van der Waals surface area contributed by atoms with Gasteiger partial charge in [-0.25, -0.2) is 4.98 Å². The first kappa shape index (κ1) is 8.38. The topological polar surface area (TPSA) is 103 Å². The summed E-state index contributed by atoms with van der Waals surface area (Å²) < 4.78 is 0. The molecule has 0 aliphatic heterocycles. The largest absolute Gasteiger partial charge is 0.382 e. The van der Waals surface area contributed by atoms with Gasteiger partial charge < -0.3 is 11.5 Å². The van der Waals surface area contributed by atoms with Crippen molar-refractivity contribution in [2.24, 2.45) is 10.7 Å². The molecule has 0 amide bonds. The van der Waals surface area contributed by atoms with Crippen molar-refractivity contribution in [1.82, 2.24) is 15.2 Å². The van der Waals surface area contributed by atoms with E-state index in [1.54, 1.807) is 0 Å². The summed E-state index contributed by atoms with van der Waals surface area (Å²) in [5.74, 6) is 0.497. The van der Waals surface area contributed by atoms with Gasteiger partial charge in [-0.05, 0) is 6.92 Å². The van der Waals surface area contributed by atoms with E-state index in [9.17, 15) is 0 Å². The number of nitrogen functional groups attached to an aromatic ring is 1. The van der Waals surface area contributed by atoms with Crippen LogP contribution in [0.15, 0.2) is 11.3 Å². The van der Waals surface area contributed by atoms with Gasteiger partial charge in [0.15, 0.2) is 11.5 Å². The summed E-state index contributed by atoms with van der Waals surface area (Å²) in [6.07, 6.45) is 1.28. The van der Waals surface area contributed by atoms with Crippen LogP contribution >= 0.6 is 0 Å². The lowest BCUT2D eigenvalue weighted by Crippen LogP contribution is -2.18. The molecule has 0 radical (unpaired) electrons. The molecule has 1 rings (SSSR count). The number of hydrogen-bond donors (Lipinski definition) is 2. The van der Waals surface area contributed by atoms with Crippen LogP contribution in [0.5, 0.6) is 0 Å². The Morgan fingerprint density at radius 3 is 3.00 bits per heavy atom. The molecular weight excluding hydrogens is 156 g/mol. The van der Waals surface area contributed by atoms with Gasteiger partial charge >= 0.3 is 0 Å². The van der Waals surface area contributed by atoms with Crippen molar-refractivity contribution in [3.8, 4) is 0 Å². The van der Waals surface area contributed by atoms with Crippen molar-refractivity contribution in [1.29, 1.82) is 0 Å². The second kappa shape index (κ2) is 3.61. The highest BCUT2D eigenvalue weighted by molar-refractivity contribution is 5.99. The minimum Gasteiger partial charge on any atom is -0.382 e. The van der Waals surface area contributed by atoms with Gasteiger partial charge in [0, 0.05) is 6.54 Å². The number of aromatic nitrogens is 3. The molecule has 0 unspecified atom stereocenters. The van der Waals surface area contributed by atoms with Gasteiger partial charge in [0.05, 0.1) is 0 Å². The molecule has 0 saturated heterocycles. The van der Waals surface area contributed by atoms with Crippen LogP contribution in [0.25, 0.3) is 0 Å². The number of rotatable bonds is 2. The van der Waals surface area contributed by atoms with Crippen molar-refractivity contribution < 1.29 is 0 Å². The van der Waals surface area contributed by atoms with Crippen molar-refractivity contribution >= 4 is 11.7 Å². The number of hydrogen-bond acceptors (Lipinski definition) is 5. The van der Waals surface area contributed by atoms with Gasteiger partial charge in [-0.1, -0.05) is 0 Å². The van der Waals surface area contributed by atoms with E-state index in [1.165, 1.54) is 6.33 Å². The predicted molar refractivity (Wildman–Crippen MR) is 45.5 cm³/mol. The van der Waals surface area contributed by atoms with Crippen LogP contribution in [-0.4, -0.2) is 27.6 Å². The molecule has 1 aromatic heterocycles. The number of amidine groups is 1. The molecule has 6 heteroatoms. The fourth-order valence-electron chi connectivity index (χ4n) is 0.728. The Morgan fingerprint density at radius 2 is 2.42 bits per heavy atom. The maximum atomic E-state index is 5.55. The maximum Gasteiger partial charge on any atom is 0.175 e. The number of nitrogens with zero attached hydrogens (tertiary/aromatic N) is 4. The molecule has 1 aromatic rings. The van der Waals surface area contributed by atoms with Crippen LogP contribution in [0.4, 0.5) is 5.82 Å². The molecule has 1 heterocycles. The van der Waals surface area contributed by atoms with Gasteiger partial charge in [-0.15, -0.1) is 10.2 Å². The van der Waals surface area contributed by atoms with Crippen LogP contribution in [0.2, 0.25) is 0 Å². The van der Waals surface area contributed by atoms with Crippen molar-refractivity contribution in [2.45, 2.75) is 6.92 Å². The van der Waals surface area contributed by atoms with Gasteiger partial charge in [0.25, 0.3) is 0 Å². The number of nitrogens with two attached hydrogens (primary N) is 2. The Balaban J connectivity index is 3.02. The van der Waals surface area contributed by atoms with E-state index in [2.05, 4.69) is 20.2 Å². The summed E-state index contributed by atoms with van der Waals surface area (Å²) in [4.78, 5) is 7.78. The van der Waals surface area contributed by atoms with E-state index in [0.29, 0.717) is 18.1 Å². The van der Waals surface area contributed by atoms with Crippen LogP contribution in [0.3, 0.4) is 0 Å². The van der Waals surface area contributed by atoms with Gasteiger partial charge in [-0.3, -0.25) is 4.99 Å². The molecule has 12 heavy (non-hydrogen) atoms. The lowest BCUT2D eigenvalue weighted by atomic mass is 10.4. The average Bonchev–Trinajstić information content (AvgIpc) is 2.05. The lowest BCUT2D eigenvalue weighted by molar-refractivity contribution is 0.968. The fourth-order valence-corrected chi connectivity index (χ4v) is 0.728. The summed E-state index contributed by atoms with van der Waals surface area (Å²) in [5.41, 5.74) is 11.4. The summed E-state index contributed by atoms with van der Waals surface area (Å²) in [6.45, 7) is 2.47. The van der Waals surface area contributed by atoms with Crippen molar-refractivity contribution in [3.63, 3.8) is 0 Å². The second-order valence-corrected chi connectivity index (χ2v) is 2.05. The first-order valence-corrected chi connectivity index (χ1v) is 3.49. The molecule has 0 fully saturated rings. The summed E-state index contributed by atoms with van der Waals surface area (Å²) in [7, 11) is 0. The second-order valence-electron chi connectivity index (χ2n) is 2.05. The first-order chi connectivity index (χ1) is 5.75. The third-order valence-electron chi connectivity index (χ3n) is 1.22. The SMILES string of the molecule is CCN=C(N)c1ncnnc1N. The molecule has 64 valence electrons. The minimum atomic E-state index is 0.201. The number of aliphatic imine (C=N–C) groups is 1. The third kappa shape index (κ3) is 1.66. The van der Waals surface area contributed by atoms with Gasteiger partial charge in [0.1, 0.15) is 12.2 Å². The van der Waals surface area contributed by atoms with E-state index < -0.39 is 0 Å². The Morgan fingerprint density at radius 1 is 1.67 bits per heavy atom. The van der Waals surface area contributed by atoms with Crippen molar-refractivity contribution in [3.05, 3.63) is 12.0 Å². The Labute approximate surface area is 69.7 Å². The van der Waals surface area contributed by atoms with Crippen LogP contribution < -0.4 is 11.5 Å². The summed E-state index contributed by atoms with van der Waals surface area (Å²) in [6, 6.07) is 0. The zero-order valence-corrected chi connectivity index (χ0v) is 6.73. The monoisotopic (exact) mass is 166 g/mol. The molecular formula is C6H10N6. The highest BCUT2D eigenvalue weighted by Gasteiger charge is 2.04. The van der Waals surface area contributed by atoms with E-state index in [1.807, 2.05) is 6.92 Å². The van der Waals surface area contributed by atoms with E-state index in [0.717, 1.165) is 0 Å². The lowest BCUT2D eigenvalue weighted by Gasteiger charge is -1.99. The Bertz CT molecular complexity index is 294. The maximum absolute atomic E-state index is 5.55. The molecule has 6 nitrogen and oxygen atoms in total. The summed E-state index contributed by atoms with van der Waals surface area (Å²) >= 11 is 0. The molecule has 0 bridgehead atoms. The van der Waals surface area contributed by atoms with Crippen LogP contribution in [0.1, 0.15) is 12.6 Å². The molecule has 0 aromatic carbocycles. The predicted octanol–water partition coefficient (Wildman–Crippen LogP) is -0.821. The molecule has 0 spiro atoms. The Kier molecular flexibility index (Phi) is 2.52. The Hall–Kier alpha value is -1.72. The van der Waals surface area contributed by atoms with Crippen molar-refractivity contribution in [2.75, 3.05) is 12.3 Å². The average molecular weight is 166 g/mol. The number of anilines is 1. The minimum absolute atomic E-state index is 0.201. The van der Waals surface area contributed by atoms with E-state index in [4.69, 9.17) is 11.5 Å². The smallest absolute Gasteiger partial charge is 0.175 e. The highest BCUT2D eigenvalue weighted by atomic mass is 15.2. The molecule has 4 N–H and O–H groups in total. The van der Waals surface area contributed by atoms with Gasteiger partial charge in [-0.2, -0.15) is 0 Å². The van der Waals surface area contributed by atoms with E-state index >= 15 is 0 Å². The zero-order valence-electron chi connectivity index (χ0n) is 6.73. The highest BCUT2D eigenvalue weighted by Crippen LogP contribution is 1.99. The van der Waals surface area contributed by atoms with E-state index in [-0.39, 0.29) is 5.82 Å². The quantitative estimate of drug-likeness (QED) is 0.441. The first-order valence-electron chi connectivity index (χ1n) is 3.49. The third-order valence-corrected chi connectivity index (χ3v) is 1.22. The zero-order chi connectivity index (χ0) is 8.97.